The van der Waals surface area contributed by atoms with Crippen molar-refractivity contribution in [1.29, 1.82) is 0 Å². The van der Waals surface area contributed by atoms with Crippen molar-refractivity contribution in [3.63, 3.8) is 0 Å². The molecule has 28 heavy (non-hydrogen) atoms. The molecule has 1 N–H and O–H groups in total. The average Bonchev–Trinajstić information content (AvgIpc) is 2.71. The monoisotopic (exact) mass is 385 g/mol. The van der Waals surface area contributed by atoms with Gasteiger partial charge in [0.2, 0.25) is 0 Å². The summed E-state index contributed by atoms with van der Waals surface area (Å²) in [5, 5.41) is 2.48. The van der Waals surface area contributed by atoms with Gasteiger partial charge in [0.1, 0.15) is 11.9 Å². The minimum atomic E-state index is -0.910. The third-order valence-corrected chi connectivity index (χ3v) is 3.75. The Morgan fingerprint density at radius 1 is 1.07 bits per heavy atom. The van der Waals surface area contributed by atoms with E-state index in [9.17, 15) is 18.8 Å². The third-order valence-electron chi connectivity index (χ3n) is 3.75. The van der Waals surface area contributed by atoms with Gasteiger partial charge in [-0.2, -0.15) is 0 Å². The molecule has 0 aromatic heterocycles. The van der Waals surface area contributed by atoms with Crippen molar-refractivity contribution in [2.75, 3.05) is 13.7 Å². The summed E-state index contributed by atoms with van der Waals surface area (Å²) >= 11 is 0. The SMILES string of the molecule is COC(=O)C(Cc1ccccc1)NC(=O)COC(=O)/C=C/c1ccccc1F. The maximum absolute atomic E-state index is 13.5. The lowest BCUT2D eigenvalue weighted by molar-refractivity contribution is -0.147. The Kier molecular flexibility index (Phi) is 7.90. The van der Waals surface area contributed by atoms with E-state index < -0.39 is 36.3 Å². The standard InChI is InChI=1S/C21H20FNO5/c1-27-21(26)18(13-15-7-3-2-4-8-15)23-19(24)14-28-20(25)12-11-16-9-5-6-10-17(16)22/h2-12,18H,13-14H2,1H3,(H,23,24)/b12-11+. The van der Waals surface area contributed by atoms with Crippen LogP contribution in [-0.2, 0) is 30.3 Å². The molecule has 0 bridgehead atoms. The molecule has 2 aromatic carbocycles. The molecule has 1 atom stereocenters. The number of nitrogens with one attached hydrogen (secondary N) is 1. The number of hydrogen-bond acceptors (Lipinski definition) is 5. The molecule has 0 aliphatic carbocycles. The molecule has 0 aliphatic heterocycles. The van der Waals surface area contributed by atoms with Gasteiger partial charge in [0.25, 0.3) is 5.91 Å². The van der Waals surface area contributed by atoms with Crippen molar-refractivity contribution in [2.24, 2.45) is 0 Å². The zero-order valence-corrected chi connectivity index (χ0v) is 15.3. The molecule has 0 fully saturated rings. The van der Waals surface area contributed by atoms with Crippen molar-refractivity contribution in [2.45, 2.75) is 12.5 Å². The molecule has 7 heteroatoms. The van der Waals surface area contributed by atoms with Crippen LogP contribution >= 0.6 is 0 Å². The van der Waals surface area contributed by atoms with Crippen LogP contribution in [0.4, 0.5) is 4.39 Å². The molecule has 1 unspecified atom stereocenters. The first-order chi connectivity index (χ1) is 13.5. The van der Waals surface area contributed by atoms with E-state index in [1.54, 1.807) is 6.07 Å². The molecule has 146 valence electrons. The maximum Gasteiger partial charge on any atom is 0.331 e. The summed E-state index contributed by atoms with van der Waals surface area (Å²) in [5.74, 6) is -2.55. The van der Waals surface area contributed by atoms with Gasteiger partial charge in [-0.05, 0) is 17.7 Å². The first-order valence-electron chi connectivity index (χ1n) is 8.50. The van der Waals surface area contributed by atoms with Crippen molar-refractivity contribution >= 4 is 23.9 Å². The summed E-state index contributed by atoms with van der Waals surface area (Å²) in [6, 6.07) is 14.1. The Morgan fingerprint density at radius 3 is 2.43 bits per heavy atom. The van der Waals surface area contributed by atoms with Crippen molar-refractivity contribution < 1.29 is 28.2 Å². The number of carbonyl (C=O) groups excluding carboxylic acids is 3. The topological polar surface area (TPSA) is 81.7 Å². The van der Waals surface area contributed by atoms with Gasteiger partial charge in [-0.1, -0.05) is 48.5 Å². The second-order valence-corrected chi connectivity index (χ2v) is 5.80. The molecule has 6 nitrogen and oxygen atoms in total. The number of benzene rings is 2. The van der Waals surface area contributed by atoms with Crippen LogP contribution in [0.25, 0.3) is 6.08 Å². The third kappa shape index (κ3) is 6.68. The van der Waals surface area contributed by atoms with Crippen molar-refractivity contribution in [3.8, 4) is 0 Å². The Balaban J connectivity index is 1.87. The number of halogens is 1. The van der Waals surface area contributed by atoms with E-state index in [4.69, 9.17) is 9.47 Å². The van der Waals surface area contributed by atoms with E-state index >= 15 is 0 Å². The molecule has 0 saturated carbocycles. The molecule has 0 heterocycles. The van der Waals surface area contributed by atoms with Crippen LogP contribution in [-0.4, -0.2) is 37.6 Å². The van der Waals surface area contributed by atoms with E-state index in [2.05, 4.69) is 5.32 Å². The number of hydrogen-bond donors (Lipinski definition) is 1. The number of esters is 2. The van der Waals surface area contributed by atoms with Gasteiger partial charge in [0.15, 0.2) is 6.61 Å². The van der Waals surface area contributed by atoms with Gasteiger partial charge in [-0.3, -0.25) is 4.79 Å². The summed E-state index contributed by atoms with van der Waals surface area (Å²) in [6.45, 7) is -0.581. The second-order valence-electron chi connectivity index (χ2n) is 5.80. The minimum Gasteiger partial charge on any atom is -0.467 e. The van der Waals surface area contributed by atoms with Crippen LogP contribution in [0.1, 0.15) is 11.1 Å². The highest BCUT2D eigenvalue weighted by Gasteiger charge is 2.22. The van der Waals surface area contributed by atoms with Crippen LogP contribution in [0.2, 0.25) is 0 Å². The minimum absolute atomic E-state index is 0.220. The van der Waals surface area contributed by atoms with Gasteiger partial charge in [0.05, 0.1) is 7.11 Å². The van der Waals surface area contributed by atoms with Crippen molar-refractivity contribution in [3.05, 3.63) is 77.6 Å². The molecule has 0 aliphatic rings. The number of methoxy groups -OCH3 is 1. The Morgan fingerprint density at radius 2 is 1.75 bits per heavy atom. The van der Waals surface area contributed by atoms with Crippen LogP contribution < -0.4 is 5.32 Å². The van der Waals surface area contributed by atoms with E-state index in [0.717, 1.165) is 11.6 Å². The highest BCUT2D eigenvalue weighted by molar-refractivity contribution is 5.90. The molecule has 2 aromatic rings. The quantitative estimate of drug-likeness (QED) is 0.557. The molecule has 0 saturated heterocycles. The Hall–Kier alpha value is -3.48. The summed E-state index contributed by atoms with van der Waals surface area (Å²) < 4.78 is 23.0. The number of ether oxygens (including phenoxy) is 2. The summed E-state index contributed by atoms with van der Waals surface area (Å²) in [7, 11) is 1.22. The van der Waals surface area contributed by atoms with Gasteiger partial charge in [-0.25, -0.2) is 14.0 Å². The number of amides is 1. The zero-order valence-electron chi connectivity index (χ0n) is 15.3. The van der Waals surface area contributed by atoms with Crippen LogP contribution in [0.5, 0.6) is 0 Å². The molecular formula is C21H20FNO5. The summed E-state index contributed by atoms with van der Waals surface area (Å²) in [4.78, 5) is 35.6. The molecule has 1 amide bonds. The van der Waals surface area contributed by atoms with Crippen LogP contribution in [0.15, 0.2) is 60.7 Å². The largest absolute Gasteiger partial charge is 0.467 e. The predicted molar refractivity (Wildman–Crippen MR) is 100 cm³/mol. The smallest absolute Gasteiger partial charge is 0.331 e. The second kappa shape index (κ2) is 10.6. The van der Waals surface area contributed by atoms with Crippen molar-refractivity contribution in [1.82, 2.24) is 5.32 Å². The number of carbonyl (C=O) groups is 3. The fourth-order valence-electron chi connectivity index (χ4n) is 2.37. The van der Waals surface area contributed by atoms with Crippen LogP contribution in [0, 0.1) is 5.82 Å². The fourth-order valence-corrected chi connectivity index (χ4v) is 2.37. The predicted octanol–water partition coefficient (Wildman–Crippen LogP) is 2.28. The maximum atomic E-state index is 13.5. The summed E-state index contributed by atoms with van der Waals surface area (Å²) in [6.07, 6.45) is 2.51. The molecule has 2 rings (SSSR count). The highest BCUT2D eigenvalue weighted by Crippen LogP contribution is 2.08. The van der Waals surface area contributed by atoms with E-state index in [1.807, 2.05) is 30.3 Å². The first-order valence-corrected chi connectivity index (χ1v) is 8.50. The molecular weight excluding hydrogens is 365 g/mol. The number of rotatable bonds is 8. The van der Waals surface area contributed by atoms with Gasteiger partial charge in [-0.15, -0.1) is 0 Å². The lowest BCUT2D eigenvalue weighted by atomic mass is 10.1. The van der Waals surface area contributed by atoms with Gasteiger partial charge >= 0.3 is 11.9 Å². The normalized spacial score (nSPS) is 11.6. The highest BCUT2D eigenvalue weighted by atomic mass is 19.1. The Bertz CT molecular complexity index is 851. The molecule has 0 radical (unpaired) electrons. The average molecular weight is 385 g/mol. The summed E-state index contributed by atoms with van der Waals surface area (Å²) in [5.41, 5.74) is 1.06. The lowest BCUT2D eigenvalue weighted by Gasteiger charge is -2.16. The fraction of sp³-hybridized carbons (Fsp3) is 0.190. The van der Waals surface area contributed by atoms with E-state index in [0.29, 0.717) is 0 Å². The first kappa shape index (κ1) is 20.8. The Labute approximate surface area is 162 Å². The van der Waals surface area contributed by atoms with Gasteiger partial charge in [0, 0.05) is 18.1 Å². The van der Waals surface area contributed by atoms with Gasteiger partial charge < -0.3 is 14.8 Å². The molecule has 0 spiro atoms. The van der Waals surface area contributed by atoms with Crippen LogP contribution in [0.3, 0.4) is 0 Å². The van der Waals surface area contributed by atoms with E-state index in [1.165, 1.54) is 31.4 Å². The van der Waals surface area contributed by atoms with E-state index in [-0.39, 0.29) is 12.0 Å². The zero-order chi connectivity index (χ0) is 20.4. The lowest BCUT2D eigenvalue weighted by Crippen LogP contribution is -2.44.